The fraction of sp³-hybridized carbons (Fsp3) is 0.263. The van der Waals surface area contributed by atoms with Crippen molar-refractivity contribution >= 4 is 11.9 Å². The van der Waals surface area contributed by atoms with Crippen LogP contribution < -0.4 is 5.32 Å². The number of carbonyl (C=O) groups is 2. The summed E-state index contributed by atoms with van der Waals surface area (Å²) >= 11 is 0. The lowest BCUT2D eigenvalue weighted by atomic mass is 10.0. The van der Waals surface area contributed by atoms with Crippen molar-refractivity contribution in [2.75, 3.05) is 0 Å². The van der Waals surface area contributed by atoms with Crippen LogP contribution in [0.5, 0.6) is 0 Å². The molecule has 1 aliphatic rings. The third kappa shape index (κ3) is 3.71. The molecule has 0 bridgehead atoms. The molecule has 1 amide bonds. The smallest absolute Gasteiger partial charge is 0.416 e. The van der Waals surface area contributed by atoms with Crippen molar-refractivity contribution in [1.82, 2.24) is 5.32 Å². The summed E-state index contributed by atoms with van der Waals surface area (Å²) in [7, 11) is 0. The molecule has 2 aromatic rings. The normalized spacial score (nSPS) is 20.3. The molecule has 0 aliphatic heterocycles. The van der Waals surface area contributed by atoms with Crippen LogP contribution in [0.25, 0.3) is 0 Å². The summed E-state index contributed by atoms with van der Waals surface area (Å²) < 4.78 is 39.4. The number of carboxylic acid groups (broad SMARTS) is 1. The first-order valence-corrected chi connectivity index (χ1v) is 8.03. The maximum Gasteiger partial charge on any atom is 0.416 e. The summed E-state index contributed by atoms with van der Waals surface area (Å²) in [5, 5.41) is 11.8. The first-order valence-electron chi connectivity index (χ1n) is 8.03. The fourth-order valence-corrected chi connectivity index (χ4v) is 3.09. The molecule has 0 radical (unpaired) electrons. The van der Waals surface area contributed by atoms with Crippen molar-refractivity contribution < 1.29 is 27.9 Å². The Morgan fingerprint density at radius 3 is 2.27 bits per heavy atom. The van der Waals surface area contributed by atoms with E-state index in [1.54, 1.807) is 30.3 Å². The Bertz CT molecular complexity index is 820. The zero-order chi connectivity index (χ0) is 18.9. The van der Waals surface area contributed by atoms with E-state index in [1.807, 2.05) is 0 Å². The third-order valence-corrected chi connectivity index (χ3v) is 4.46. The molecule has 1 saturated carbocycles. The first kappa shape index (κ1) is 18.0. The van der Waals surface area contributed by atoms with Gasteiger partial charge >= 0.3 is 12.1 Å². The van der Waals surface area contributed by atoms with Crippen molar-refractivity contribution in [2.45, 2.75) is 24.6 Å². The van der Waals surface area contributed by atoms with Crippen LogP contribution in [0, 0.1) is 5.92 Å². The molecule has 1 fully saturated rings. The van der Waals surface area contributed by atoms with E-state index in [-0.39, 0.29) is 12.0 Å². The van der Waals surface area contributed by atoms with Gasteiger partial charge in [-0.2, -0.15) is 13.2 Å². The zero-order valence-corrected chi connectivity index (χ0v) is 13.5. The molecule has 0 saturated heterocycles. The molecule has 1 aliphatic carbocycles. The zero-order valence-electron chi connectivity index (χ0n) is 13.5. The second-order valence-corrected chi connectivity index (χ2v) is 6.22. The van der Waals surface area contributed by atoms with E-state index in [0.717, 1.165) is 6.07 Å². The van der Waals surface area contributed by atoms with E-state index >= 15 is 0 Å². The molecule has 0 spiro atoms. The predicted molar refractivity (Wildman–Crippen MR) is 87.3 cm³/mol. The monoisotopic (exact) mass is 363 g/mol. The summed E-state index contributed by atoms with van der Waals surface area (Å²) in [6, 6.07) is 12.1. The van der Waals surface area contributed by atoms with Crippen LogP contribution in [-0.4, -0.2) is 17.0 Å². The van der Waals surface area contributed by atoms with Gasteiger partial charge in [0.05, 0.1) is 5.56 Å². The van der Waals surface area contributed by atoms with Crippen molar-refractivity contribution in [3.8, 4) is 0 Å². The minimum atomic E-state index is -4.49. The number of hydrogen-bond acceptors (Lipinski definition) is 2. The van der Waals surface area contributed by atoms with Crippen LogP contribution in [0.4, 0.5) is 13.2 Å². The van der Waals surface area contributed by atoms with E-state index in [0.29, 0.717) is 5.56 Å². The van der Waals surface area contributed by atoms with Crippen LogP contribution in [-0.2, 0) is 15.8 Å². The Kier molecular flexibility index (Phi) is 4.71. The molecule has 7 heteroatoms. The predicted octanol–water partition coefficient (Wildman–Crippen LogP) is 3.75. The number of hydrogen-bond donors (Lipinski definition) is 2. The van der Waals surface area contributed by atoms with Gasteiger partial charge in [-0.1, -0.05) is 48.5 Å². The lowest BCUT2D eigenvalue weighted by molar-refractivity contribution is -0.142. The van der Waals surface area contributed by atoms with E-state index in [4.69, 9.17) is 0 Å². The van der Waals surface area contributed by atoms with Gasteiger partial charge in [0.2, 0.25) is 5.91 Å². The quantitative estimate of drug-likeness (QED) is 0.850. The summed E-state index contributed by atoms with van der Waals surface area (Å²) in [5.74, 6) is -3.00. The first-order chi connectivity index (χ1) is 12.3. The Balaban J connectivity index is 1.75. The van der Waals surface area contributed by atoms with Crippen LogP contribution in [0.3, 0.4) is 0 Å². The minimum absolute atomic E-state index is 0.0757. The summed E-state index contributed by atoms with van der Waals surface area (Å²) in [4.78, 5) is 23.8. The SMILES string of the molecule is O=C(O)C(NC(=O)C1CC1c1ccccc1C(F)(F)F)c1ccccc1. The van der Waals surface area contributed by atoms with Crippen LogP contribution in [0.2, 0.25) is 0 Å². The topological polar surface area (TPSA) is 66.4 Å². The Labute approximate surface area is 147 Å². The number of alkyl halides is 3. The molecule has 26 heavy (non-hydrogen) atoms. The molecule has 2 N–H and O–H groups in total. The van der Waals surface area contributed by atoms with Gasteiger partial charge in [0, 0.05) is 5.92 Å². The number of carbonyl (C=O) groups excluding carboxylic acids is 1. The standard InChI is InChI=1S/C19H16F3NO3/c20-19(21,22)15-9-5-4-8-12(15)13-10-14(13)17(24)23-16(18(25)26)11-6-2-1-3-7-11/h1-9,13-14,16H,10H2,(H,23,24)(H,25,26). The maximum atomic E-state index is 13.1. The van der Waals surface area contributed by atoms with Crippen molar-refractivity contribution in [3.63, 3.8) is 0 Å². The number of halogens is 3. The van der Waals surface area contributed by atoms with Gasteiger partial charge in [-0.15, -0.1) is 0 Å². The maximum absolute atomic E-state index is 13.1. The van der Waals surface area contributed by atoms with E-state index in [1.165, 1.54) is 18.2 Å². The molecule has 3 atom stereocenters. The molecular weight excluding hydrogens is 347 g/mol. The molecule has 2 aromatic carbocycles. The fourth-order valence-electron chi connectivity index (χ4n) is 3.09. The second-order valence-electron chi connectivity index (χ2n) is 6.22. The summed E-state index contributed by atoms with van der Waals surface area (Å²) in [6.45, 7) is 0. The number of rotatable bonds is 5. The molecule has 3 rings (SSSR count). The highest BCUT2D eigenvalue weighted by atomic mass is 19.4. The highest BCUT2D eigenvalue weighted by Crippen LogP contribution is 2.51. The lowest BCUT2D eigenvalue weighted by Crippen LogP contribution is -2.35. The summed E-state index contributed by atoms with van der Waals surface area (Å²) in [5.41, 5.74) is -0.272. The van der Waals surface area contributed by atoms with Gasteiger partial charge in [-0.05, 0) is 29.5 Å². The number of nitrogens with one attached hydrogen (secondary N) is 1. The van der Waals surface area contributed by atoms with Gasteiger partial charge in [-0.3, -0.25) is 4.79 Å². The number of carboxylic acids is 1. The average molecular weight is 363 g/mol. The molecular formula is C19H16F3NO3. The van der Waals surface area contributed by atoms with Crippen molar-refractivity contribution in [3.05, 3.63) is 71.3 Å². The molecule has 0 heterocycles. The summed E-state index contributed by atoms with van der Waals surface area (Å²) in [6.07, 6.45) is -4.23. The Hall–Kier alpha value is -2.83. The number of amides is 1. The van der Waals surface area contributed by atoms with Gasteiger partial charge in [0.1, 0.15) is 0 Å². The van der Waals surface area contributed by atoms with Crippen LogP contribution in [0.15, 0.2) is 54.6 Å². The largest absolute Gasteiger partial charge is 0.479 e. The van der Waals surface area contributed by atoms with E-state index < -0.39 is 41.5 Å². The number of benzene rings is 2. The Morgan fingerprint density at radius 1 is 1.04 bits per heavy atom. The van der Waals surface area contributed by atoms with Crippen LogP contribution >= 0.6 is 0 Å². The van der Waals surface area contributed by atoms with E-state index in [2.05, 4.69) is 5.32 Å². The van der Waals surface area contributed by atoms with Crippen molar-refractivity contribution in [2.24, 2.45) is 5.92 Å². The second kappa shape index (κ2) is 6.82. The van der Waals surface area contributed by atoms with E-state index in [9.17, 15) is 27.9 Å². The molecule has 0 aromatic heterocycles. The molecule has 3 unspecified atom stereocenters. The van der Waals surface area contributed by atoms with Crippen LogP contribution in [0.1, 0.15) is 35.1 Å². The van der Waals surface area contributed by atoms with Gasteiger partial charge < -0.3 is 10.4 Å². The van der Waals surface area contributed by atoms with Gasteiger partial charge in [-0.25, -0.2) is 4.79 Å². The highest BCUT2D eigenvalue weighted by Gasteiger charge is 2.48. The average Bonchev–Trinajstić information content (AvgIpc) is 3.40. The van der Waals surface area contributed by atoms with Crippen molar-refractivity contribution in [1.29, 1.82) is 0 Å². The highest BCUT2D eigenvalue weighted by molar-refractivity contribution is 5.88. The molecule has 4 nitrogen and oxygen atoms in total. The lowest BCUT2D eigenvalue weighted by Gasteiger charge is -2.15. The number of aliphatic carboxylic acids is 1. The molecule has 136 valence electrons. The third-order valence-electron chi connectivity index (χ3n) is 4.46. The van der Waals surface area contributed by atoms with Gasteiger partial charge in [0.15, 0.2) is 6.04 Å². The van der Waals surface area contributed by atoms with Gasteiger partial charge in [0.25, 0.3) is 0 Å². The minimum Gasteiger partial charge on any atom is -0.479 e. The Morgan fingerprint density at radius 2 is 1.65 bits per heavy atom.